The van der Waals surface area contributed by atoms with Crippen LogP contribution in [0.3, 0.4) is 0 Å². The van der Waals surface area contributed by atoms with Crippen LogP contribution in [0.4, 0.5) is 19.3 Å². The second-order valence-corrected chi connectivity index (χ2v) is 4.96. The number of hydrogen-bond donors (Lipinski definition) is 1. The molecule has 2 aromatic carbocycles. The highest BCUT2D eigenvalue weighted by atomic mass is 19.1. The molecule has 0 spiro atoms. The lowest BCUT2D eigenvalue weighted by Crippen LogP contribution is -2.33. The van der Waals surface area contributed by atoms with Crippen LogP contribution in [-0.2, 0) is 11.2 Å². The Morgan fingerprint density at radius 1 is 1.05 bits per heavy atom. The van der Waals surface area contributed by atoms with E-state index in [9.17, 15) is 18.4 Å². The summed E-state index contributed by atoms with van der Waals surface area (Å²) in [6.45, 7) is 0. The number of rotatable bonds is 3. The second-order valence-electron chi connectivity index (χ2n) is 4.96. The van der Waals surface area contributed by atoms with Crippen LogP contribution in [0.2, 0.25) is 0 Å². The Hall–Kier alpha value is -2.76. The quantitative estimate of drug-likeness (QED) is 0.886. The molecule has 0 bridgehead atoms. The maximum absolute atomic E-state index is 13.8. The minimum absolute atomic E-state index is 0.291. The summed E-state index contributed by atoms with van der Waals surface area (Å²) < 4.78 is 27.0. The van der Waals surface area contributed by atoms with Crippen LogP contribution in [0, 0.1) is 11.6 Å². The van der Waals surface area contributed by atoms with Gasteiger partial charge in [0.1, 0.15) is 17.7 Å². The van der Waals surface area contributed by atoms with Crippen molar-refractivity contribution < 1.29 is 18.4 Å². The molecule has 0 aromatic heterocycles. The molecular formula is C16H12F2N2O2. The van der Waals surface area contributed by atoms with Gasteiger partial charge in [0, 0.05) is 12.5 Å². The largest absolute Gasteiger partial charge is 0.329 e. The van der Waals surface area contributed by atoms with Crippen molar-refractivity contribution in [3.63, 3.8) is 0 Å². The molecule has 22 heavy (non-hydrogen) atoms. The van der Waals surface area contributed by atoms with Gasteiger partial charge in [-0.1, -0.05) is 30.3 Å². The third-order valence-electron chi connectivity index (χ3n) is 3.45. The lowest BCUT2D eigenvalue weighted by Gasteiger charge is -2.14. The number of halogens is 2. The summed E-state index contributed by atoms with van der Waals surface area (Å²) >= 11 is 0. The molecule has 1 atom stereocenters. The number of anilines is 1. The first-order chi connectivity index (χ1) is 10.6. The number of nitrogens with zero attached hydrogens (tertiary/aromatic N) is 1. The number of benzene rings is 2. The van der Waals surface area contributed by atoms with Crippen LogP contribution in [0.1, 0.15) is 5.56 Å². The van der Waals surface area contributed by atoms with E-state index in [0.29, 0.717) is 11.3 Å². The highest BCUT2D eigenvalue weighted by molar-refractivity contribution is 6.21. The maximum Gasteiger partial charge on any atom is 0.329 e. The molecule has 1 N–H and O–H groups in total. The minimum atomic E-state index is -0.828. The van der Waals surface area contributed by atoms with Crippen LogP contribution >= 0.6 is 0 Å². The molecule has 0 radical (unpaired) electrons. The highest BCUT2D eigenvalue weighted by Gasteiger charge is 2.40. The van der Waals surface area contributed by atoms with Gasteiger partial charge in [-0.25, -0.2) is 18.5 Å². The van der Waals surface area contributed by atoms with Gasteiger partial charge in [0.15, 0.2) is 0 Å². The smallest absolute Gasteiger partial charge is 0.325 e. The molecule has 1 fully saturated rings. The van der Waals surface area contributed by atoms with Crippen molar-refractivity contribution >= 4 is 17.6 Å². The predicted octanol–water partition coefficient (Wildman–Crippen LogP) is 2.63. The first-order valence-corrected chi connectivity index (χ1v) is 6.69. The molecule has 3 amide bonds. The average Bonchev–Trinajstić information content (AvgIpc) is 2.77. The Bertz CT molecular complexity index is 734. The topological polar surface area (TPSA) is 49.4 Å². The summed E-state index contributed by atoms with van der Waals surface area (Å²) in [7, 11) is 0. The van der Waals surface area contributed by atoms with Gasteiger partial charge in [0.25, 0.3) is 5.91 Å². The fourth-order valence-corrected chi connectivity index (χ4v) is 2.40. The SMILES string of the molecule is O=C1NC(Cc2ccccc2)C(=O)N1c1cc(F)ccc1F. The van der Waals surface area contributed by atoms with Crippen LogP contribution < -0.4 is 10.2 Å². The molecule has 1 unspecified atom stereocenters. The van der Waals surface area contributed by atoms with Crippen molar-refractivity contribution in [3.05, 3.63) is 65.7 Å². The van der Waals surface area contributed by atoms with Crippen molar-refractivity contribution in [3.8, 4) is 0 Å². The first kappa shape index (κ1) is 14.2. The Balaban J connectivity index is 1.87. The van der Waals surface area contributed by atoms with Crippen LogP contribution in [0.25, 0.3) is 0 Å². The normalized spacial score (nSPS) is 17.7. The molecule has 1 saturated heterocycles. The summed E-state index contributed by atoms with van der Waals surface area (Å²) in [5, 5.41) is 2.50. The molecule has 4 nitrogen and oxygen atoms in total. The van der Waals surface area contributed by atoms with E-state index in [0.717, 1.165) is 23.8 Å². The highest BCUT2D eigenvalue weighted by Crippen LogP contribution is 2.25. The molecule has 1 aliphatic rings. The summed E-state index contributed by atoms with van der Waals surface area (Å²) in [6, 6.07) is 10.2. The van der Waals surface area contributed by atoms with E-state index < -0.39 is 29.6 Å². The summed E-state index contributed by atoms with van der Waals surface area (Å²) in [6.07, 6.45) is 0.291. The van der Waals surface area contributed by atoms with Gasteiger partial charge in [0.05, 0.1) is 5.69 Å². The third-order valence-corrected chi connectivity index (χ3v) is 3.45. The molecule has 0 saturated carbocycles. The van der Waals surface area contributed by atoms with E-state index in [4.69, 9.17) is 0 Å². The van der Waals surface area contributed by atoms with Crippen molar-refractivity contribution in [1.82, 2.24) is 5.32 Å². The van der Waals surface area contributed by atoms with Crippen LogP contribution in [-0.4, -0.2) is 18.0 Å². The predicted molar refractivity (Wildman–Crippen MR) is 76.3 cm³/mol. The molecule has 1 aliphatic heterocycles. The Morgan fingerprint density at radius 3 is 2.50 bits per heavy atom. The molecule has 3 rings (SSSR count). The van der Waals surface area contributed by atoms with E-state index in [-0.39, 0.29) is 5.69 Å². The van der Waals surface area contributed by atoms with Crippen LogP contribution in [0.15, 0.2) is 48.5 Å². The van der Waals surface area contributed by atoms with Gasteiger partial charge < -0.3 is 5.32 Å². The number of imide groups is 1. The molecule has 6 heteroatoms. The lowest BCUT2D eigenvalue weighted by atomic mass is 10.1. The van der Waals surface area contributed by atoms with E-state index in [2.05, 4.69) is 5.32 Å². The minimum Gasteiger partial charge on any atom is -0.325 e. The van der Waals surface area contributed by atoms with E-state index in [1.807, 2.05) is 30.3 Å². The van der Waals surface area contributed by atoms with Gasteiger partial charge in [-0.05, 0) is 17.7 Å². The van der Waals surface area contributed by atoms with Gasteiger partial charge >= 0.3 is 6.03 Å². The number of nitrogens with one attached hydrogen (secondary N) is 1. The first-order valence-electron chi connectivity index (χ1n) is 6.69. The van der Waals surface area contributed by atoms with Gasteiger partial charge in [-0.2, -0.15) is 0 Å². The molecule has 112 valence electrons. The summed E-state index contributed by atoms with van der Waals surface area (Å²) in [5.74, 6) is -2.15. The molecule has 2 aromatic rings. The van der Waals surface area contributed by atoms with Crippen molar-refractivity contribution in [2.24, 2.45) is 0 Å². The number of urea groups is 1. The van der Waals surface area contributed by atoms with E-state index >= 15 is 0 Å². The van der Waals surface area contributed by atoms with E-state index in [1.165, 1.54) is 0 Å². The lowest BCUT2D eigenvalue weighted by molar-refractivity contribution is -0.118. The Morgan fingerprint density at radius 2 is 1.77 bits per heavy atom. The summed E-state index contributed by atoms with van der Waals surface area (Å²) in [4.78, 5) is 24.9. The van der Waals surface area contributed by atoms with Crippen molar-refractivity contribution in [2.75, 3.05) is 4.90 Å². The average molecular weight is 302 g/mol. The second kappa shape index (κ2) is 5.55. The van der Waals surface area contributed by atoms with Gasteiger partial charge in [-0.3, -0.25) is 4.79 Å². The zero-order chi connectivity index (χ0) is 15.7. The maximum atomic E-state index is 13.8. The molecule has 1 heterocycles. The number of carbonyl (C=O) groups excluding carboxylic acids is 2. The standard InChI is InChI=1S/C16H12F2N2O2/c17-11-6-7-12(18)14(9-11)20-15(21)13(19-16(20)22)8-10-4-2-1-3-5-10/h1-7,9,13H,8H2,(H,19,22). The van der Waals surface area contributed by atoms with Crippen LogP contribution in [0.5, 0.6) is 0 Å². The zero-order valence-electron chi connectivity index (χ0n) is 11.4. The Kier molecular flexibility index (Phi) is 3.58. The summed E-state index contributed by atoms with van der Waals surface area (Å²) in [5.41, 5.74) is 0.487. The van der Waals surface area contributed by atoms with Gasteiger partial charge in [0.2, 0.25) is 0 Å². The third kappa shape index (κ3) is 2.55. The van der Waals surface area contributed by atoms with E-state index in [1.54, 1.807) is 0 Å². The fourth-order valence-electron chi connectivity index (χ4n) is 2.40. The van der Waals surface area contributed by atoms with Gasteiger partial charge in [-0.15, -0.1) is 0 Å². The fraction of sp³-hybridized carbons (Fsp3) is 0.125. The molecule has 0 aliphatic carbocycles. The monoisotopic (exact) mass is 302 g/mol. The van der Waals surface area contributed by atoms with Crippen molar-refractivity contribution in [1.29, 1.82) is 0 Å². The number of amides is 3. The number of carbonyl (C=O) groups is 2. The zero-order valence-corrected chi connectivity index (χ0v) is 11.4. The number of hydrogen-bond acceptors (Lipinski definition) is 2. The Labute approximate surface area is 125 Å². The van der Waals surface area contributed by atoms with Crippen molar-refractivity contribution in [2.45, 2.75) is 12.5 Å². The molecular weight excluding hydrogens is 290 g/mol.